The average molecular weight is 343 g/mol. The molecule has 0 aliphatic carbocycles. The molecule has 0 unspecified atom stereocenters. The van der Waals surface area contributed by atoms with Crippen molar-refractivity contribution in [3.8, 4) is 11.4 Å². The number of rotatable bonds is 5. The van der Waals surface area contributed by atoms with Crippen molar-refractivity contribution in [3.63, 3.8) is 0 Å². The van der Waals surface area contributed by atoms with Crippen LogP contribution in [-0.4, -0.2) is 48.7 Å². The molecular formula is C17H21N5OS. The van der Waals surface area contributed by atoms with Gasteiger partial charge in [0.15, 0.2) is 5.82 Å². The first-order valence-electron chi connectivity index (χ1n) is 7.81. The molecule has 2 heterocycles. The molecule has 0 atom stereocenters. The molecule has 0 bridgehead atoms. The lowest BCUT2D eigenvalue weighted by Crippen LogP contribution is -2.37. The Morgan fingerprint density at radius 3 is 2.79 bits per heavy atom. The monoisotopic (exact) mass is 343 g/mol. The van der Waals surface area contributed by atoms with E-state index in [1.165, 1.54) is 6.21 Å². The Bertz CT molecular complexity index is 731. The second-order valence-electron chi connectivity index (χ2n) is 5.56. The van der Waals surface area contributed by atoms with Crippen LogP contribution in [0.4, 0.5) is 11.5 Å². The number of nitrogens with one attached hydrogen (secondary N) is 1. The topological polar surface area (TPSA) is 88.1 Å². The lowest BCUT2D eigenvalue weighted by Gasteiger charge is -2.28. The molecule has 1 saturated heterocycles. The minimum Gasteiger partial charge on any atom is -0.398 e. The van der Waals surface area contributed by atoms with E-state index in [1.807, 2.05) is 12.1 Å². The van der Waals surface area contributed by atoms with Crippen LogP contribution in [0.3, 0.4) is 0 Å². The summed E-state index contributed by atoms with van der Waals surface area (Å²) in [5.41, 5.74) is 9.03. The first kappa shape index (κ1) is 16.7. The summed E-state index contributed by atoms with van der Waals surface area (Å²) in [6.45, 7) is 3.11. The molecule has 0 amide bonds. The number of anilines is 2. The predicted molar refractivity (Wildman–Crippen MR) is 100 cm³/mol. The van der Waals surface area contributed by atoms with E-state index in [0.717, 1.165) is 49.1 Å². The number of morpholine rings is 1. The molecule has 2 aromatic rings. The van der Waals surface area contributed by atoms with Gasteiger partial charge in [0.2, 0.25) is 0 Å². The maximum absolute atomic E-state index is 7.48. The Balaban J connectivity index is 2.02. The zero-order chi connectivity index (χ0) is 16.9. The number of nitrogen functional groups attached to an aromatic ring is 1. The highest BCUT2D eigenvalue weighted by molar-refractivity contribution is 7.97. The fourth-order valence-electron chi connectivity index (χ4n) is 2.63. The van der Waals surface area contributed by atoms with Gasteiger partial charge in [-0.15, -0.1) is 0 Å². The van der Waals surface area contributed by atoms with Gasteiger partial charge in [-0.05, 0) is 24.5 Å². The zero-order valence-electron chi connectivity index (χ0n) is 13.7. The molecule has 7 heteroatoms. The van der Waals surface area contributed by atoms with Gasteiger partial charge in [0.1, 0.15) is 5.82 Å². The van der Waals surface area contributed by atoms with Gasteiger partial charge in [-0.1, -0.05) is 0 Å². The molecule has 1 fully saturated rings. The highest BCUT2D eigenvalue weighted by Crippen LogP contribution is 2.25. The fraction of sp³-hybridized carbons (Fsp3) is 0.353. The summed E-state index contributed by atoms with van der Waals surface area (Å²) in [4.78, 5) is 11.7. The van der Waals surface area contributed by atoms with Gasteiger partial charge in [0.25, 0.3) is 0 Å². The summed E-state index contributed by atoms with van der Waals surface area (Å²) in [5.74, 6) is 2.44. The number of hydrogen-bond donors (Lipinski definition) is 2. The van der Waals surface area contributed by atoms with E-state index >= 15 is 0 Å². The van der Waals surface area contributed by atoms with Crippen molar-refractivity contribution in [2.45, 2.75) is 5.75 Å². The van der Waals surface area contributed by atoms with Gasteiger partial charge < -0.3 is 20.8 Å². The number of benzene rings is 1. The number of nitrogens with two attached hydrogens (primary N) is 1. The zero-order valence-corrected chi connectivity index (χ0v) is 14.5. The van der Waals surface area contributed by atoms with Crippen molar-refractivity contribution < 1.29 is 4.74 Å². The fourth-order valence-corrected chi connectivity index (χ4v) is 3.07. The molecule has 1 aliphatic heterocycles. The van der Waals surface area contributed by atoms with Crippen LogP contribution in [0.25, 0.3) is 11.4 Å². The third-order valence-electron chi connectivity index (χ3n) is 3.89. The Hall–Kier alpha value is -2.12. The first-order valence-corrected chi connectivity index (χ1v) is 9.20. The van der Waals surface area contributed by atoms with Gasteiger partial charge in [0, 0.05) is 47.9 Å². The summed E-state index contributed by atoms with van der Waals surface area (Å²) in [6, 6.07) is 7.63. The van der Waals surface area contributed by atoms with E-state index in [1.54, 1.807) is 17.8 Å². The highest BCUT2D eigenvalue weighted by atomic mass is 32.2. The van der Waals surface area contributed by atoms with E-state index in [9.17, 15) is 0 Å². The van der Waals surface area contributed by atoms with E-state index < -0.39 is 0 Å². The molecule has 126 valence electrons. The standard InChI is InChI=1S/C17H21N5OS/c1-24-11-14-9-16(22-4-6-23-7-5-22)21-17(20-14)12-2-3-15(19)13(8-12)10-18/h2-3,8-10,18H,4-7,11,19H2,1H3. The van der Waals surface area contributed by atoms with Gasteiger partial charge in [-0.3, -0.25) is 0 Å². The third kappa shape index (κ3) is 3.68. The van der Waals surface area contributed by atoms with E-state index in [4.69, 9.17) is 20.9 Å². The summed E-state index contributed by atoms with van der Waals surface area (Å²) in [6.07, 6.45) is 3.32. The second kappa shape index (κ2) is 7.63. The molecule has 6 nitrogen and oxygen atoms in total. The van der Waals surface area contributed by atoms with E-state index in [-0.39, 0.29) is 0 Å². The largest absolute Gasteiger partial charge is 0.398 e. The molecule has 3 N–H and O–H groups in total. The van der Waals surface area contributed by atoms with Gasteiger partial charge >= 0.3 is 0 Å². The molecule has 0 radical (unpaired) electrons. The Morgan fingerprint density at radius 2 is 2.08 bits per heavy atom. The minimum absolute atomic E-state index is 0.586. The quantitative estimate of drug-likeness (QED) is 0.640. The van der Waals surface area contributed by atoms with E-state index in [0.29, 0.717) is 17.1 Å². The Kier molecular flexibility index (Phi) is 5.32. The van der Waals surface area contributed by atoms with Crippen molar-refractivity contribution in [2.75, 3.05) is 43.2 Å². The van der Waals surface area contributed by atoms with Crippen LogP contribution in [-0.2, 0) is 10.5 Å². The van der Waals surface area contributed by atoms with Crippen LogP contribution in [0.1, 0.15) is 11.3 Å². The number of nitrogens with zero attached hydrogens (tertiary/aromatic N) is 3. The van der Waals surface area contributed by atoms with Crippen LogP contribution in [0, 0.1) is 5.41 Å². The van der Waals surface area contributed by atoms with Crippen molar-refractivity contribution in [2.24, 2.45) is 0 Å². The normalized spacial score (nSPS) is 14.6. The Labute approximate surface area is 145 Å². The molecule has 0 saturated carbocycles. The average Bonchev–Trinajstić information content (AvgIpc) is 2.63. The molecule has 1 aliphatic rings. The summed E-state index contributed by atoms with van der Waals surface area (Å²) in [5, 5.41) is 7.48. The molecule has 1 aromatic heterocycles. The lowest BCUT2D eigenvalue weighted by molar-refractivity contribution is 0.122. The van der Waals surface area contributed by atoms with Crippen LogP contribution in [0.15, 0.2) is 24.3 Å². The van der Waals surface area contributed by atoms with Crippen LogP contribution >= 0.6 is 11.8 Å². The lowest BCUT2D eigenvalue weighted by atomic mass is 10.1. The third-order valence-corrected chi connectivity index (χ3v) is 4.48. The summed E-state index contributed by atoms with van der Waals surface area (Å²) >= 11 is 1.73. The van der Waals surface area contributed by atoms with Crippen molar-refractivity contribution >= 4 is 29.5 Å². The van der Waals surface area contributed by atoms with Crippen LogP contribution in [0.2, 0.25) is 0 Å². The van der Waals surface area contributed by atoms with Crippen molar-refractivity contribution in [1.29, 1.82) is 5.41 Å². The van der Waals surface area contributed by atoms with Crippen molar-refractivity contribution in [1.82, 2.24) is 9.97 Å². The van der Waals surface area contributed by atoms with Gasteiger partial charge in [-0.2, -0.15) is 11.8 Å². The summed E-state index contributed by atoms with van der Waals surface area (Å²) < 4.78 is 5.43. The van der Waals surface area contributed by atoms with Crippen molar-refractivity contribution in [3.05, 3.63) is 35.5 Å². The smallest absolute Gasteiger partial charge is 0.161 e. The Morgan fingerprint density at radius 1 is 1.29 bits per heavy atom. The van der Waals surface area contributed by atoms with E-state index in [2.05, 4.69) is 22.2 Å². The van der Waals surface area contributed by atoms with Crippen LogP contribution < -0.4 is 10.6 Å². The second-order valence-corrected chi connectivity index (χ2v) is 6.43. The minimum atomic E-state index is 0.586. The highest BCUT2D eigenvalue weighted by Gasteiger charge is 2.16. The first-order chi connectivity index (χ1) is 11.7. The molecule has 3 rings (SSSR count). The number of aromatic nitrogens is 2. The van der Waals surface area contributed by atoms with Crippen LogP contribution in [0.5, 0.6) is 0 Å². The van der Waals surface area contributed by atoms with Gasteiger partial charge in [-0.25, -0.2) is 9.97 Å². The molecular weight excluding hydrogens is 322 g/mol. The maximum atomic E-state index is 7.48. The SMILES string of the molecule is CSCc1cc(N2CCOCC2)nc(-c2ccc(N)c(C=N)c2)n1. The summed E-state index contributed by atoms with van der Waals surface area (Å²) in [7, 11) is 0. The number of hydrogen-bond acceptors (Lipinski definition) is 7. The maximum Gasteiger partial charge on any atom is 0.161 e. The molecule has 0 spiro atoms. The molecule has 24 heavy (non-hydrogen) atoms. The number of thioether (sulfide) groups is 1. The molecule has 1 aromatic carbocycles. The van der Waals surface area contributed by atoms with Gasteiger partial charge in [0.05, 0.1) is 18.9 Å². The predicted octanol–water partition coefficient (Wildman–Crippen LogP) is 2.42. The number of ether oxygens (including phenoxy) is 1.